The summed E-state index contributed by atoms with van der Waals surface area (Å²) >= 11 is 0. The lowest BCUT2D eigenvalue weighted by Crippen LogP contribution is -2.47. The van der Waals surface area contributed by atoms with Gasteiger partial charge in [-0.05, 0) is 71.3 Å². The number of amides is 2. The number of carbonyl (C=O) groups is 2. The molecule has 1 N–H and O–H groups in total. The smallest absolute Gasteiger partial charge is 0.259 e. The number of anilines is 1. The number of pyridine rings is 1. The number of hydrogen-bond donors (Lipinski definition) is 1. The Bertz CT molecular complexity index is 1390. The lowest BCUT2D eigenvalue weighted by molar-refractivity contribution is -0.123. The van der Waals surface area contributed by atoms with Crippen molar-refractivity contribution in [2.45, 2.75) is 18.5 Å². The number of fused-ring (bicyclic) bond motifs is 1. The summed E-state index contributed by atoms with van der Waals surface area (Å²) in [5, 5.41) is 3.09. The minimum absolute atomic E-state index is 0.167. The van der Waals surface area contributed by atoms with Crippen molar-refractivity contribution in [3.05, 3.63) is 120 Å². The topological polar surface area (TPSA) is 80.8 Å². The quantitative estimate of drug-likeness (QED) is 0.396. The lowest BCUT2D eigenvalue weighted by Gasteiger charge is -2.42. The van der Waals surface area contributed by atoms with Gasteiger partial charge in [-0.2, -0.15) is 0 Å². The van der Waals surface area contributed by atoms with E-state index in [4.69, 9.17) is 9.47 Å². The first kappa shape index (κ1) is 24.1. The standard InChI is InChI=1S/C30H27N3O4/c1-36-23-11-7-21(8-12-23)28-27(29(34)32-19-20-15-17-31-18-16-20)25-5-3-4-6-26(25)30(35)33(28)22-9-13-24(37-2)14-10-22/h3-18,27-28H,19H2,1-2H3,(H,32,34). The van der Waals surface area contributed by atoms with Gasteiger partial charge in [0.25, 0.3) is 5.91 Å². The summed E-state index contributed by atoms with van der Waals surface area (Å²) in [4.78, 5) is 33.6. The van der Waals surface area contributed by atoms with Gasteiger partial charge in [0.05, 0.1) is 26.2 Å². The van der Waals surface area contributed by atoms with Crippen LogP contribution in [-0.4, -0.2) is 31.0 Å². The molecule has 0 bridgehead atoms. The molecule has 186 valence electrons. The largest absolute Gasteiger partial charge is 0.497 e. The Kier molecular flexibility index (Phi) is 6.85. The average Bonchev–Trinajstić information content (AvgIpc) is 2.96. The summed E-state index contributed by atoms with van der Waals surface area (Å²) < 4.78 is 10.7. The summed E-state index contributed by atoms with van der Waals surface area (Å²) in [6, 6.07) is 25.3. The van der Waals surface area contributed by atoms with E-state index in [0.29, 0.717) is 34.9 Å². The molecule has 0 aliphatic carbocycles. The third kappa shape index (κ3) is 4.76. The van der Waals surface area contributed by atoms with Crippen molar-refractivity contribution in [2.24, 2.45) is 0 Å². The highest BCUT2D eigenvalue weighted by Crippen LogP contribution is 2.45. The number of hydrogen-bond acceptors (Lipinski definition) is 5. The van der Waals surface area contributed by atoms with Gasteiger partial charge in [-0.25, -0.2) is 0 Å². The van der Waals surface area contributed by atoms with Gasteiger partial charge in [0.1, 0.15) is 11.5 Å². The van der Waals surface area contributed by atoms with E-state index in [1.807, 2.05) is 78.9 Å². The summed E-state index contributed by atoms with van der Waals surface area (Å²) in [7, 11) is 3.20. The van der Waals surface area contributed by atoms with Crippen LogP contribution in [0.15, 0.2) is 97.3 Å². The zero-order chi connectivity index (χ0) is 25.8. The van der Waals surface area contributed by atoms with Crippen LogP contribution in [0.25, 0.3) is 0 Å². The molecule has 0 saturated carbocycles. The van der Waals surface area contributed by atoms with Gasteiger partial charge in [0.15, 0.2) is 0 Å². The van der Waals surface area contributed by atoms with Gasteiger partial charge >= 0.3 is 0 Å². The fraction of sp³-hybridized carbons (Fsp3) is 0.167. The molecule has 2 atom stereocenters. The van der Waals surface area contributed by atoms with E-state index in [-0.39, 0.29) is 11.8 Å². The third-order valence-electron chi connectivity index (χ3n) is 6.65. The van der Waals surface area contributed by atoms with Crippen LogP contribution in [0.3, 0.4) is 0 Å². The molecule has 7 heteroatoms. The first-order valence-corrected chi connectivity index (χ1v) is 12.0. The molecule has 4 aromatic rings. The van der Waals surface area contributed by atoms with Gasteiger partial charge in [-0.3, -0.25) is 19.5 Å². The Morgan fingerprint density at radius 1 is 0.865 bits per heavy atom. The maximum absolute atomic E-state index is 14.0. The predicted molar refractivity (Wildman–Crippen MR) is 141 cm³/mol. The van der Waals surface area contributed by atoms with E-state index < -0.39 is 12.0 Å². The van der Waals surface area contributed by atoms with Crippen LogP contribution < -0.4 is 19.7 Å². The van der Waals surface area contributed by atoms with Crippen LogP contribution >= 0.6 is 0 Å². The zero-order valence-electron chi connectivity index (χ0n) is 20.6. The van der Waals surface area contributed by atoms with Gasteiger partial charge < -0.3 is 14.8 Å². The molecule has 0 radical (unpaired) electrons. The molecular weight excluding hydrogens is 466 g/mol. The number of benzene rings is 3. The molecule has 7 nitrogen and oxygen atoms in total. The van der Waals surface area contributed by atoms with Crippen molar-refractivity contribution in [2.75, 3.05) is 19.1 Å². The molecule has 2 unspecified atom stereocenters. The highest BCUT2D eigenvalue weighted by atomic mass is 16.5. The zero-order valence-corrected chi connectivity index (χ0v) is 20.6. The van der Waals surface area contributed by atoms with Gasteiger partial charge in [0, 0.05) is 30.2 Å². The second-order valence-electron chi connectivity index (χ2n) is 8.73. The van der Waals surface area contributed by atoms with Crippen LogP contribution in [-0.2, 0) is 11.3 Å². The Balaban J connectivity index is 1.63. The van der Waals surface area contributed by atoms with Crippen LogP contribution in [0.5, 0.6) is 11.5 Å². The summed E-state index contributed by atoms with van der Waals surface area (Å²) in [5.74, 6) is 0.393. The second kappa shape index (κ2) is 10.5. The molecule has 1 aliphatic heterocycles. The fourth-order valence-electron chi connectivity index (χ4n) is 4.79. The van der Waals surface area contributed by atoms with E-state index in [1.165, 1.54) is 0 Å². The molecule has 2 heterocycles. The Labute approximate surface area is 215 Å². The number of rotatable bonds is 7. The molecule has 3 aromatic carbocycles. The van der Waals surface area contributed by atoms with Crippen LogP contribution in [0, 0.1) is 0 Å². The van der Waals surface area contributed by atoms with Gasteiger partial charge in [-0.1, -0.05) is 30.3 Å². The summed E-state index contributed by atoms with van der Waals surface area (Å²) in [5.41, 5.74) is 3.64. The maximum atomic E-state index is 14.0. The number of nitrogens with one attached hydrogen (secondary N) is 1. The van der Waals surface area contributed by atoms with E-state index in [1.54, 1.807) is 37.6 Å². The first-order valence-electron chi connectivity index (χ1n) is 12.0. The number of aromatic nitrogens is 1. The van der Waals surface area contributed by atoms with Crippen LogP contribution in [0.2, 0.25) is 0 Å². The van der Waals surface area contributed by atoms with Crippen molar-refractivity contribution in [1.82, 2.24) is 10.3 Å². The van der Waals surface area contributed by atoms with Crippen LogP contribution in [0.4, 0.5) is 5.69 Å². The predicted octanol–water partition coefficient (Wildman–Crippen LogP) is 4.90. The second-order valence-corrected chi connectivity index (χ2v) is 8.73. The van der Waals surface area contributed by atoms with Gasteiger partial charge in [0.2, 0.25) is 5.91 Å². The van der Waals surface area contributed by atoms with Crippen molar-refractivity contribution in [3.63, 3.8) is 0 Å². The summed E-state index contributed by atoms with van der Waals surface area (Å²) in [6.07, 6.45) is 3.39. The highest BCUT2D eigenvalue weighted by molar-refractivity contribution is 6.11. The SMILES string of the molecule is COc1ccc(C2C(C(=O)NCc3ccncc3)c3ccccc3C(=O)N2c2ccc(OC)cc2)cc1. The van der Waals surface area contributed by atoms with Crippen molar-refractivity contribution in [3.8, 4) is 11.5 Å². The number of nitrogens with zero attached hydrogens (tertiary/aromatic N) is 2. The van der Waals surface area contributed by atoms with E-state index in [9.17, 15) is 9.59 Å². The minimum Gasteiger partial charge on any atom is -0.497 e. The average molecular weight is 494 g/mol. The Morgan fingerprint density at radius 3 is 2.14 bits per heavy atom. The molecule has 0 saturated heterocycles. The fourth-order valence-corrected chi connectivity index (χ4v) is 4.79. The molecule has 1 aromatic heterocycles. The van der Waals surface area contributed by atoms with Crippen LogP contribution in [0.1, 0.15) is 39.0 Å². The van der Waals surface area contributed by atoms with Gasteiger partial charge in [-0.15, -0.1) is 0 Å². The molecule has 37 heavy (non-hydrogen) atoms. The van der Waals surface area contributed by atoms with Crippen molar-refractivity contribution < 1.29 is 19.1 Å². The Hall–Kier alpha value is -4.65. The molecule has 0 fully saturated rings. The van der Waals surface area contributed by atoms with E-state index in [0.717, 1.165) is 11.1 Å². The molecule has 0 spiro atoms. The Morgan fingerprint density at radius 2 is 1.49 bits per heavy atom. The number of carbonyl (C=O) groups excluding carboxylic acids is 2. The van der Waals surface area contributed by atoms with E-state index in [2.05, 4.69) is 10.3 Å². The molecule has 2 amide bonds. The van der Waals surface area contributed by atoms with Crippen molar-refractivity contribution >= 4 is 17.5 Å². The molecular formula is C30H27N3O4. The third-order valence-corrected chi connectivity index (χ3v) is 6.65. The number of ether oxygens (including phenoxy) is 2. The first-order chi connectivity index (χ1) is 18.1. The number of methoxy groups -OCH3 is 2. The maximum Gasteiger partial charge on any atom is 0.259 e. The van der Waals surface area contributed by atoms with Crippen molar-refractivity contribution in [1.29, 1.82) is 0 Å². The molecule has 5 rings (SSSR count). The normalized spacial score (nSPS) is 16.6. The minimum atomic E-state index is -0.647. The molecule has 1 aliphatic rings. The van der Waals surface area contributed by atoms with E-state index >= 15 is 0 Å². The lowest BCUT2D eigenvalue weighted by atomic mass is 9.78. The highest BCUT2D eigenvalue weighted by Gasteiger charge is 2.44. The summed E-state index contributed by atoms with van der Waals surface area (Å²) in [6.45, 7) is 0.353. The monoisotopic (exact) mass is 493 g/mol.